The molecule has 0 fully saturated rings. The summed E-state index contributed by atoms with van der Waals surface area (Å²) in [5.41, 5.74) is 1.27. The van der Waals surface area contributed by atoms with Gasteiger partial charge in [-0.1, -0.05) is 23.9 Å². The smallest absolute Gasteiger partial charge is 0.0764 e. The zero-order chi connectivity index (χ0) is 9.26. The van der Waals surface area contributed by atoms with E-state index < -0.39 is 0 Å². The molecule has 1 heterocycles. The summed E-state index contributed by atoms with van der Waals surface area (Å²) in [6.07, 6.45) is 1.67. The lowest BCUT2D eigenvalue weighted by atomic mass is 10.3. The van der Waals surface area contributed by atoms with E-state index in [1.807, 2.05) is 0 Å². The molecule has 0 unspecified atom stereocenters. The SMILES string of the molecule is [CH]C=C1Sc2ccccc2N1CC. The number of benzene rings is 1. The third kappa shape index (κ3) is 1.35. The van der Waals surface area contributed by atoms with Crippen LogP contribution >= 0.6 is 11.8 Å². The summed E-state index contributed by atoms with van der Waals surface area (Å²) < 4.78 is 0. The highest BCUT2D eigenvalue weighted by atomic mass is 32.2. The van der Waals surface area contributed by atoms with Gasteiger partial charge in [-0.2, -0.15) is 0 Å². The fraction of sp³-hybridized carbons (Fsp3) is 0.182. The Hall–Kier alpha value is -0.890. The summed E-state index contributed by atoms with van der Waals surface area (Å²) in [7, 11) is 0. The Morgan fingerprint density at radius 2 is 2.23 bits per heavy atom. The number of fused-ring (bicyclic) bond motifs is 1. The van der Waals surface area contributed by atoms with Crippen LogP contribution in [0.25, 0.3) is 0 Å². The molecule has 0 atom stereocenters. The van der Waals surface area contributed by atoms with Gasteiger partial charge in [-0.25, -0.2) is 0 Å². The van der Waals surface area contributed by atoms with E-state index in [0.717, 1.165) is 11.6 Å². The molecule has 0 bridgehead atoms. The van der Waals surface area contributed by atoms with Crippen LogP contribution in [-0.4, -0.2) is 6.54 Å². The third-order valence-corrected chi connectivity index (χ3v) is 3.23. The van der Waals surface area contributed by atoms with Crippen LogP contribution in [0, 0.1) is 6.92 Å². The standard InChI is InChI=1S/C11H11NS/c1-3-11-12(4-2)9-7-5-6-8-10(9)13-11/h1,3,5-8H,4H2,2H3. The molecule has 0 spiro atoms. The molecular weight excluding hydrogens is 178 g/mol. The Balaban J connectivity index is 2.46. The summed E-state index contributed by atoms with van der Waals surface area (Å²) in [5, 5.41) is 1.13. The van der Waals surface area contributed by atoms with Crippen molar-refractivity contribution in [3.05, 3.63) is 42.3 Å². The Morgan fingerprint density at radius 3 is 2.92 bits per heavy atom. The lowest BCUT2D eigenvalue weighted by Crippen LogP contribution is -2.15. The number of rotatable bonds is 1. The zero-order valence-electron chi connectivity index (χ0n) is 7.53. The maximum Gasteiger partial charge on any atom is 0.0764 e. The van der Waals surface area contributed by atoms with Gasteiger partial charge in [0, 0.05) is 11.4 Å². The predicted octanol–water partition coefficient (Wildman–Crippen LogP) is 3.17. The van der Waals surface area contributed by atoms with Gasteiger partial charge >= 0.3 is 0 Å². The predicted molar refractivity (Wildman–Crippen MR) is 57.7 cm³/mol. The van der Waals surface area contributed by atoms with Crippen LogP contribution in [0.15, 0.2) is 40.3 Å². The molecule has 66 valence electrons. The molecule has 0 saturated heterocycles. The largest absolute Gasteiger partial charge is 0.336 e. The monoisotopic (exact) mass is 189 g/mol. The summed E-state index contributed by atoms with van der Waals surface area (Å²) in [6.45, 7) is 8.65. The second kappa shape index (κ2) is 3.46. The number of nitrogens with zero attached hydrogens (tertiary/aromatic N) is 1. The molecular formula is C11H11NS. The van der Waals surface area contributed by atoms with Crippen molar-refractivity contribution in [2.45, 2.75) is 11.8 Å². The van der Waals surface area contributed by atoms with E-state index in [2.05, 4.69) is 36.1 Å². The molecule has 2 rings (SSSR count). The van der Waals surface area contributed by atoms with Crippen LogP contribution in [0.4, 0.5) is 5.69 Å². The van der Waals surface area contributed by atoms with Gasteiger partial charge < -0.3 is 4.90 Å². The minimum absolute atomic E-state index is 0.965. The first kappa shape index (κ1) is 8.70. The number of allylic oxidation sites excluding steroid dienone is 1. The Bertz CT molecular complexity index is 344. The van der Waals surface area contributed by atoms with Crippen molar-refractivity contribution in [1.82, 2.24) is 0 Å². The molecule has 0 aromatic heterocycles. The van der Waals surface area contributed by atoms with Gasteiger partial charge in [0.15, 0.2) is 0 Å². The van der Waals surface area contributed by atoms with Crippen molar-refractivity contribution in [3.8, 4) is 0 Å². The van der Waals surface area contributed by atoms with E-state index in [1.54, 1.807) is 17.8 Å². The zero-order valence-corrected chi connectivity index (χ0v) is 8.34. The normalized spacial score (nSPS) is 18.0. The highest BCUT2D eigenvalue weighted by molar-refractivity contribution is 8.03. The number of hydrogen-bond donors (Lipinski definition) is 0. The van der Waals surface area contributed by atoms with Crippen LogP contribution < -0.4 is 4.90 Å². The minimum Gasteiger partial charge on any atom is -0.336 e. The second-order valence-corrected chi connectivity index (χ2v) is 3.88. The van der Waals surface area contributed by atoms with Crippen LogP contribution in [0.2, 0.25) is 0 Å². The highest BCUT2D eigenvalue weighted by Crippen LogP contribution is 2.45. The highest BCUT2D eigenvalue weighted by Gasteiger charge is 2.21. The third-order valence-electron chi connectivity index (χ3n) is 2.10. The average Bonchev–Trinajstić information content (AvgIpc) is 2.55. The fourth-order valence-corrected chi connectivity index (χ4v) is 2.56. The van der Waals surface area contributed by atoms with Gasteiger partial charge in [0.2, 0.25) is 0 Å². The summed E-state index contributed by atoms with van der Waals surface area (Å²) >= 11 is 1.73. The van der Waals surface area contributed by atoms with Crippen LogP contribution in [0.3, 0.4) is 0 Å². The number of thioether (sulfide) groups is 1. The van der Waals surface area contributed by atoms with Crippen LogP contribution in [0.5, 0.6) is 0 Å². The van der Waals surface area contributed by atoms with E-state index in [-0.39, 0.29) is 0 Å². The molecule has 0 amide bonds. The molecule has 1 aliphatic heterocycles. The molecule has 13 heavy (non-hydrogen) atoms. The molecule has 2 heteroatoms. The lowest BCUT2D eigenvalue weighted by Gasteiger charge is -2.17. The first-order valence-corrected chi connectivity index (χ1v) is 5.14. The van der Waals surface area contributed by atoms with Crippen molar-refractivity contribution < 1.29 is 0 Å². The molecule has 1 aromatic carbocycles. The maximum absolute atomic E-state index is 5.55. The Morgan fingerprint density at radius 1 is 1.46 bits per heavy atom. The Labute approximate surface area is 83.4 Å². The summed E-state index contributed by atoms with van der Waals surface area (Å²) in [6, 6.07) is 8.36. The molecule has 0 aliphatic carbocycles. The second-order valence-electron chi connectivity index (χ2n) is 2.82. The van der Waals surface area contributed by atoms with Crippen molar-refractivity contribution in [2.24, 2.45) is 0 Å². The number of para-hydroxylation sites is 1. The van der Waals surface area contributed by atoms with Gasteiger partial charge in [0.1, 0.15) is 0 Å². The molecule has 1 aliphatic rings. The van der Waals surface area contributed by atoms with E-state index in [9.17, 15) is 0 Å². The van der Waals surface area contributed by atoms with Crippen molar-refractivity contribution in [2.75, 3.05) is 11.4 Å². The summed E-state index contributed by atoms with van der Waals surface area (Å²) in [4.78, 5) is 3.51. The van der Waals surface area contributed by atoms with Crippen molar-refractivity contribution >= 4 is 17.4 Å². The molecule has 0 saturated carbocycles. The summed E-state index contributed by atoms with van der Waals surface area (Å²) in [5.74, 6) is 0. The van der Waals surface area contributed by atoms with Crippen molar-refractivity contribution in [3.63, 3.8) is 0 Å². The minimum atomic E-state index is 0.965. The Kier molecular flexibility index (Phi) is 2.32. The van der Waals surface area contributed by atoms with E-state index >= 15 is 0 Å². The van der Waals surface area contributed by atoms with Gasteiger partial charge in [-0.05, 0) is 32.1 Å². The topological polar surface area (TPSA) is 3.24 Å². The average molecular weight is 189 g/mol. The number of anilines is 1. The quantitative estimate of drug-likeness (QED) is 0.667. The van der Waals surface area contributed by atoms with Crippen molar-refractivity contribution in [1.29, 1.82) is 0 Å². The molecule has 2 radical (unpaired) electrons. The lowest BCUT2D eigenvalue weighted by molar-refractivity contribution is 1.00. The van der Waals surface area contributed by atoms with E-state index in [0.29, 0.717) is 0 Å². The van der Waals surface area contributed by atoms with Crippen LogP contribution in [0.1, 0.15) is 6.92 Å². The van der Waals surface area contributed by atoms with Crippen LogP contribution in [-0.2, 0) is 0 Å². The fourth-order valence-electron chi connectivity index (χ4n) is 1.50. The van der Waals surface area contributed by atoms with Gasteiger partial charge in [0.05, 0.1) is 10.7 Å². The van der Waals surface area contributed by atoms with Gasteiger partial charge in [-0.3, -0.25) is 0 Å². The van der Waals surface area contributed by atoms with E-state index in [4.69, 9.17) is 6.92 Å². The molecule has 1 nitrogen and oxygen atoms in total. The maximum atomic E-state index is 5.55. The van der Waals surface area contributed by atoms with Gasteiger partial charge in [-0.15, -0.1) is 0 Å². The van der Waals surface area contributed by atoms with Gasteiger partial charge in [0.25, 0.3) is 0 Å². The first-order chi connectivity index (χ1) is 6.36. The first-order valence-electron chi connectivity index (χ1n) is 4.33. The number of hydrogen-bond acceptors (Lipinski definition) is 2. The molecule has 1 aromatic rings. The van der Waals surface area contributed by atoms with E-state index in [1.165, 1.54) is 10.6 Å². The molecule has 0 N–H and O–H groups in total.